The summed E-state index contributed by atoms with van der Waals surface area (Å²) in [6, 6.07) is 6.17. The summed E-state index contributed by atoms with van der Waals surface area (Å²) in [5.41, 5.74) is 0.285. The standard InChI is InChI=1S/C14H17N3O6/c18-13(16-7-8-23-12(9-16)14(19)20)5-6-15-10-3-1-2-4-11(10)17(21)22/h1-4,12,15H,5-9H2,(H,19,20). The fourth-order valence-electron chi connectivity index (χ4n) is 2.27. The third-order valence-corrected chi connectivity index (χ3v) is 3.45. The molecule has 9 heteroatoms. The van der Waals surface area contributed by atoms with E-state index >= 15 is 0 Å². The molecule has 1 unspecified atom stereocenters. The van der Waals surface area contributed by atoms with E-state index in [1.54, 1.807) is 18.2 Å². The first-order chi connectivity index (χ1) is 11.0. The number of amides is 1. The molecule has 0 aliphatic carbocycles. The number of nitrogens with zero attached hydrogens (tertiary/aromatic N) is 2. The normalized spacial score (nSPS) is 17.6. The number of hydrogen-bond acceptors (Lipinski definition) is 6. The number of nitrogens with one attached hydrogen (secondary N) is 1. The molecule has 1 aromatic carbocycles. The average Bonchev–Trinajstić information content (AvgIpc) is 2.55. The van der Waals surface area contributed by atoms with Gasteiger partial charge in [-0.05, 0) is 6.07 Å². The lowest BCUT2D eigenvalue weighted by Crippen LogP contribution is -2.48. The van der Waals surface area contributed by atoms with Crippen LogP contribution in [0.5, 0.6) is 0 Å². The van der Waals surface area contributed by atoms with Crippen LogP contribution in [-0.4, -0.2) is 59.2 Å². The molecule has 124 valence electrons. The van der Waals surface area contributed by atoms with E-state index in [-0.39, 0.29) is 37.7 Å². The van der Waals surface area contributed by atoms with Crippen LogP contribution in [0.2, 0.25) is 0 Å². The summed E-state index contributed by atoms with van der Waals surface area (Å²) in [5.74, 6) is -1.31. The molecule has 1 heterocycles. The van der Waals surface area contributed by atoms with Gasteiger partial charge in [0.25, 0.3) is 5.69 Å². The van der Waals surface area contributed by atoms with Crippen molar-refractivity contribution in [2.45, 2.75) is 12.5 Å². The van der Waals surface area contributed by atoms with Crippen molar-refractivity contribution in [1.82, 2.24) is 4.90 Å². The first-order valence-corrected chi connectivity index (χ1v) is 7.08. The van der Waals surface area contributed by atoms with Crippen LogP contribution < -0.4 is 5.32 Å². The number of carbonyl (C=O) groups is 2. The van der Waals surface area contributed by atoms with Crippen LogP contribution in [0.3, 0.4) is 0 Å². The molecule has 0 bridgehead atoms. The molecule has 1 amide bonds. The zero-order valence-electron chi connectivity index (χ0n) is 12.3. The molecule has 1 atom stereocenters. The van der Waals surface area contributed by atoms with Crippen molar-refractivity contribution >= 4 is 23.3 Å². The summed E-state index contributed by atoms with van der Waals surface area (Å²) in [4.78, 5) is 34.8. The second-order valence-electron chi connectivity index (χ2n) is 4.99. The van der Waals surface area contributed by atoms with Crippen molar-refractivity contribution < 1.29 is 24.4 Å². The summed E-state index contributed by atoms with van der Waals surface area (Å²) in [7, 11) is 0. The highest BCUT2D eigenvalue weighted by Gasteiger charge is 2.28. The van der Waals surface area contributed by atoms with Crippen LogP contribution in [0.4, 0.5) is 11.4 Å². The molecule has 0 saturated carbocycles. The van der Waals surface area contributed by atoms with Crippen molar-refractivity contribution in [2.24, 2.45) is 0 Å². The molecular weight excluding hydrogens is 306 g/mol. The topological polar surface area (TPSA) is 122 Å². The Morgan fingerprint density at radius 2 is 2.17 bits per heavy atom. The van der Waals surface area contributed by atoms with Crippen LogP contribution >= 0.6 is 0 Å². The van der Waals surface area contributed by atoms with Crippen LogP contribution in [0, 0.1) is 10.1 Å². The molecule has 1 aliphatic heterocycles. The Kier molecular flexibility index (Phi) is 5.47. The Bertz CT molecular complexity index is 606. The largest absolute Gasteiger partial charge is 0.479 e. The molecule has 9 nitrogen and oxygen atoms in total. The number of para-hydroxylation sites is 2. The van der Waals surface area contributed by atoms with Gasteiger partial charge < -0.3 is 20.1 Å². The minimum absolute atomic E-state index is 0.0135. The van der Waals surface area contributed by atoms with Gasteiger partial charge in [0.15, 0.2) is 6.10 Å². The van der Waals surface area contributed by atoms with Gasteiger partial charge in [-0.3, -0.25) is 14.9 Å². The number of ether oxygens (including phenoxy) is 1. The maximum atomic E-state index is 12.1. The lowest BCUT2D eigenvalue weighted by molar-refractivity contribution is -0.384. The summed E-state index contributed by atoms with van der Waals surface area (Å²) < 4.78 is 5.05. The number of carbonyl (C=O) groups excluding carboxylic acids is 1. The van der Waals surface area contributed by atoms with Gasteiger partial charge in [0.05, 0.1) is 18.1 Å². The monoisotopic (exact) mass is 323 g/mol. The van der Waals surface area contributed by atoms with E-state index in [1.807, 2.05) is 0 Å². The average molecular weight is 323 g/mol. The summed E-state index contributed by atoms with van der Waals surface area (Å²) in [6.07, 6.45) is -0.894. The predicted molar refractivity (Wildman–Crippen MR) is 80.2 cm³/mol. The molecule has 0 spiro atoms. The van der Waals surface area contributed by atoms with Crippen LogP contribution in [-0.2, 0) is 14.3 Å². The minimum atomic E-state index is -1.10. The number of hydrogen-bond donors (Lipinski definition) is 2. The van der Waals surface area contributed by atoms with Crippen molar-refractivity contribution in [2.75, 3.05) is 31.6 Å². The van der Waals surface area contributed by atoms with Crippen LogP contribution in [0.15, 0.2) is 24.3 Å². The van der Waals surface area contributed by atoms with Gasteiger partial charge in [-0.15, -0.1) is 0 Å². The van der Waals surface area contributed by atoms with E-state index in [0.717, 1.165) is 0 Å². The highest BCUT2D eigenvalue weighted by atomic mass is 16.6. The number of nitro benzene ring substituents is 1. The maximum Gasteiger partial charge on any atom is 0.334 e. The molecule has 0 aromatic heterocycles. The number of nitro groups is 1. The van der Waals surface area contributed by atoms with Crippen molar-refractivity contribution in [3.05, 3.63) is 34.4 Å². The lowest BCUT2D eigenvalue weighted by atomic mass is 10.2. The van der Waals surface area contributed by atoms with Gasteiger partial charge in [0.1, 0.15) is 5.69 Å². The molecule has 1 aliphatic rings. The zero-order valence-corrected chi connectivity index (χ0v) is 12.3. The van der Waals surface area contributed by atoms with Gasteiger partial charge >= 0.3 is 5.97 Å². The summed E-state index contributed by atoms with van der Waals surface area (Å²) >= 11 is 0. The quantitative estimate of drug-likeness (QED) is 0.584. The summed E-state index contributed by atoms with van der Waals surface area (Å²) in [5, 5.41) is 22.7. The minimum Gasteiger partial charge on any atom is -0.479 e. The Morgan fingerprint density at radius 3 is 2.87 bits per heavy atom. The molecule has 0 radical (unpaired) electrons. The molecule has 1 fully saturated rings. The number of morpholine rings is 1. The molecule has 2 N–H and O–H groups in total. The van der Waals surface area contributed by atoms with E-state index < -0.39 is 17.0 Å². The molecule has 1 aromatic rings. The fraction of sp³-hybridized carbons (Fsp3) is 0.429. The number of benzene rings is 1. The van der Waals surface area contributed by atoms with Crippen LogP contribution in [0.25, 0.3) is 0 Å². The molecule has 23 heavy (non-hydrogen) atoms. The Balaban J connectivity index is 1.85. The highest BCUT2D eigenvalue weighted by molar-refractivity contribution is 5.79. The van der Waals surface area contributed by atoms with E-state index in [0.29, 0.717) is 12.2 Å². The van der Waals surface area contributed by atoms with Crippen LogP contribution in [0.1, 0.15) is 6.42 Å². The molecular formula is C14H17N3O6. The van der Waals surface area contributed by atoms with Crippen molar-refractivity contribution in [1.29, 1.82) is 0 Å². The summed E-state index contributed by atoms with van der Waals surface area (Å²) in [6.45, 7) is 0.757. The maximum absolute atomic E-state index is 12.1. The van der Waals surface area contributed by atoms with E-state index in [2.05, 4.69) is 5.32 Å². The van der Waals surface area contributed by atoms with Gasteiger partial charge in [-0.1, -0.05) is 12.1 Å². The number of aliphatic carboxylic acids is 1. The first kappa shape index (κ1) is 16.7. The van der Waals surface area contributed by atoms with E-state index in [1.165, 1.54) is 11.0 Å². The zero-order chi connectivity index (χ0) is 16.8. The highest BCUT2D eigenvalue weighted by Crippen LogP contribution is 2.23. The SMILES string of the molecule is O=C(O)C1CN(C(=O)CCNc2ccccc2[N+](=O)[O-])CCO1. The molecule has 1 saturated heterocycles. The number of rotatable bonds is 6. The van der Waals surface area contributed by atoms with E-state index in [9.17, 15) is 19.7 Å². The van der Waals surface area contributed by atoms with E-state index in [4.69, 9.17) is 9.84 Å². The Morgan fingerprint density at radius 1 is 1.43 bits per heavy atom. The van der Waals surface area contributed by atoms with Crippen molar-refractivity contribution in [3.63, 3.8) is 0 Å². The number of carboxylic acids is 1. The van der Waals surface area contributed by atoms with Gasteiger partial charge in [-0.2, -0.15) is 0 Å². The Hall–Kier alpha value is -2.68. The smallest absolute Gasteiger partial charge is 0.334 e. The van der Waals surface area contributed by atoms with Gasteiger partial charge in [0.2, 0.25) is 5.91 Å². The third-order valence-electron chi connectivity index (χ3n) is 3.45. The first-order valence-electron chi connectivity index (χ1n) is 7.08. The second kappa shape index (κ2) is 7.54. The second-order valence-corrected chi connectivity index (χ2v) is 4.99. The van der Waals surface area contributed by atoms with Gasteiger partial charge in [-0.25, -0.2) is 4.79 Å². The molecule has 2 rings (SSSR count). The van der Waals surface area contributed by atoms with Gasteiger partial charge in [0, 0.05) is 25.6 Å². The lowest BCUT2D eigenvalue weighted by Gasteiger charge is -2.31. The number of anilines is 1. The predicted octanol–water partition coefficient (Wildman–Crippen LogP) is 0.709. The number of carboxylic acid groups (broad SMARTS) is 1. The fourth-order valence-corrected chi connectivity index (χ4v) is 2.27. The van der Waals surface area contributed by atoms with Crippen molar-refractivity contribution in [3.8, 4) is 0 Å². The Labute approximate surface area is 132 Å². The third kappa shape index (κ3) is 4.39.